The van der Waals surface area contributed by atoms with Crippen molar-refractivity contribution in [2.75, 3.05) is 6.61 Å². The second-order valence-electron chi connectivity index (χ2n) is 6.30. The summed E-state index contributed by atoms with van der Waals surface area (Å²) < 4.78 is 4.96. The first-order chi connectivity index (χ1) is 11.7. The summed E-state index contributed by atoms with van der Waals surface area (Å²) in [6, 6.07) is 2.07. The van der Waals surface area contributed by atoms with E-state index in [1.54, 1.807) is 6.92 Å². The van der Waals surface area contributed by atoms with Gasteiger partial charge in [-0.3, -0.25) is 9.59 Å². The molecule has 1 aromatic carbocycles. The molecule has 0 aliphatic rings. The third kappa shape index (κ3) is 5.86. The van der Waals surface area contributed by atoms with Crippen molar-refractivity contribution in [3.63, 3.8) is 0 Å². The van der Waals surface area contributed by atoms with Crippen LogP contribution >= 0.6 is 11.6 Å². The Morgan fingerprint density at radius 2 is 1.84 bits per heavy atom. The zero-order valence-corrected chi connectivity index (χ0v) is 16.7. The molecule has 0 radical (unpaired) electrons. The standard InChI is InChI=1S/C21H27ClO3/c1-7-25-21(24)19(17(6)23)11-9-13(2)8-10-18-14(3)12-15(4)20(22)16(18)5/h8-10,12,19H,7,11H2,1-6H3. The predicted molar refractivity (Wildman–Crippen MR) is 104 cm³/mol. The van der Waals surface area contributed by atoms with Gasteiger partial charge in [0.1, 0.15) is 11.7 Å². The van der Waals surface area contributed by atoms with Crippen LogP contribution < -0.4 is 0 Å². The number of carbonyl (C=O) groups is 2. The quantitative estimate of drug-likeness (QED) is 0.371. The summed E-state index contributed by atoms with van der Waals surface area (Å²) in [6.45, 7) is 11.4. The summed E-state index contributed by atoms with van der Waals surface area (Å²) in [4.78, 5) is 23.5. The lowest BCUT2D eigenvalue weighted by Crippen LogP contribution is -2.23. The van der Waals surface area contributed by atoms with E-state index in [9.17, 15) is 9.59 Å². The minimum atomic E-state index is -0.736. The van der Waals surface area contributed by atoms with E-state index in [-0.39, 0.29) is 12.4 Å². The number of esters is 1. The van der Waals surface area contributed by atoms with Gasteiger partial charge >= 0.3 is 5.97 Å². The molecule has 0 aliphatic carbocycles. The van der Waals surface area contributed by atoms with E-state index in [4.69, 9.17) is 16.3 Å². The first kappa shape index (κ1) is 21.2. The molecule has 1 atom stereocenters. The highest BCUT2D eigenvalue weighted by Crippen LogP contribution is 2.27. The van der Waals surface area contributed by atoms with Crippen molar-refractivity contribution >= 4 is 29.4 Å². The number of allylic oxidation sites excluding steroid dienone is 3. The molecule has 0 saturated carbocycles. The molecule has 136 valence electrons. The maximum atomic E-state index is 11.8. The van der Waals surface area contributed by atoms with Crippen LogP contribution in [-0.4, -0.2) is 18.4 Å². The normalized spacial score (nSPS) is 13.2. The second-order valence-corrected chi connectivity index (χ2v) is 6.67. The van der Waals surface area contributed by atoms with Gasteiger partial charge in [-0.1, -0.05) is 41.5 Å². The smallest absolute Gasteiger partial charge is 0.316 e. The molecular weight excluding hydrogens is 336 g/mol. The van der Waals surface area contributed by atoms with Gasteiger partial charge in [0, 0.05) is 5.02 Å². The number of ketones is 1. The fourth-order valence-corrected chi connectivity index (χ4v) is 2.85. The monoisotopic (exact) mass is 362 g/mol. The molecule has 1 rings (SSSR count). The lowest BCUT2D eigenvalue weighted by atomic mass is 9.97. The number of ether oxygens (including phenoxy) is 1. The Morgan fingerprint density at radius 1 is 1.20 bits per heavy atom. The molecule has 1 unspecified atom stereocenters. The van der Waals surface area contributed by atoms with E-state index in [2.05, 4.69) is 13.0 Å². The second kappa shape index (κ2) is 9.57. The zero-order chi connectivity index (χ0) is 19.1. The predicted octanol–water partition coefficient (Wildman–Crippen LogP) is 5.38. The van der Waals surface area contributed by atoms with Gasteiger partial charge in [-0.15, -0.1) is 0 Å². The maximum absolute atomic E-state index is 11.8. The molecule has 0 fully saturated rings. The summed E-state index contributed by atoms with van der Waals surface area (Å²) in [7, 11) is 0. The van der Waals surface area contributed by atoms with Gasteiger partial charge in [0.15, 0.2) is 0 Å². The van der Waals surface area contributed by atoms with Crippen molar-refractivity contribution in [2.24, 2.45) is 5.92 Å². The third-order valence-electron chi connectivity index (χ3n) is 4.19. The largest absolute Gasteiger partial charge is 0.465 e. The minimum Gasteiger partial charge on any atom is -0.465 e. The third-order valence-corrected chi connectivity index (χ3v) is 4.77. The van der Waals surface area contributed by atoms with Crippen molar-refractivity contribution in [3.8, 4) is 0 Å². The lowest BCUT2D eigenvalue weighted by Gasteiger charge is -2.11. The van der Waals surface area contributed by atoms with Crippen LogP contribution in [0.4, 0.5) is 0 Å². The summed E-state index contributed by atoms with van der Waals surface area (Å²) in [5.41, 5.74) is 5.36. The molecule has 0 amide bonds. The van der Waals surface area contributed by atoms with Crippen LogP contribution in [0.25, 0.3) is 6.08 Å². The van der Waals surface area contributed by atoms with Crippen LogP contribution in [-0.2, 0) is 14.3 Å². The fraction of sp³-hybridized carbons (Fsp3) is 0.429. The van der Waals surface area contributed by atoms with Crippen LogP contribution in [0.1, 0.15) is 49.4 Å². The molecule has 0 saturated heterocycles. The lowest BCUT2D eigenvalue weighted by molar-refractivity contribution is -0.150. The first-order valence-electron chi connectivity index (χ1n) is 8.47. The Kier molecular flexibility index (Phi) is 8.11. The molecule has 25 heavy (non-hydrogen) atoms. The van der Waals surface area contributed by atoms with Crippen LogP contribution in [0.5, 0.6) is 0 Å². The molecule has 0 heterocycles. The number of rotatable bonds is 7. The number of aryl methyl sites for hydroxylation is 2. The van der Waals surface area contributed by atoms with Crippen LogP contribution in [0, 0.1) is 26.7 Å². The first-order valence-corrected chi connectivity index (χ1v) is 8.85. The molecule has 1 aromatic rings. The van der Waals surface area contributed by atoms with Gasteiger partial charge in [-0.25, -0.2) is 0 Å². The highest BCUT2D eigenvalue weighted by atomic mass is 35.5. The van der Waals surface area contributed by atoms with Crippen LogP contribution in [0.2, 0.25) is 5.02 Å². The van der Waals surface area contributed by atoms with Crippen molar-refractivity contribution in [1.29, 1.82) is 0 Å². The zero-order valence-electron chi connectivity index (χ0n) is 15.9. The Labute approximate surface area is 155 Å². The van der Waals surface area contributed by atoms with E-state index < -0.39 is 11.9 Å². The van der Waals surface area contributed by atoms with Crippen molar-refractivity contribution in [2.45, 2.75) is 48.0 Å². The number of Topliss-reactive ketones (excluding diaryl/α,β-unsaturated/α-hetero) is 1. The van der Waals surface area contributed by atoms with E-state index in [0.29, 0.717) is 6.42 Å². The molecule has 0 bridgehead atoms. The van der Waals surface area contributed by atoms with Gasteiger partial charge in [0.25, 0.3) is 0 Å². The number of hydrogen-bond acceptors (Lipinski definition) is 3. The Balaban J connectivity index is 2.94. The number of hydrogen-bond donors (Lipinski definition) is 0. The number of halogens is 1. The summed E-state index contributed by atoms with van der Waals surface area (Å²) in [5, 5.41) is 0.783. The average Bonchev–Trinajstić information content (AvgIpc) is 2.52. The maximum Gasteiger partial charge on any atom is 0.316 e. The minimum absolute atomic E-state index is 0.177. The molecule has 0 N–H and O–H groups in total. The molecular formula is C21H27ClO3. The Bertz CT molecular complexity index is 714. The topological polar surface area (TPSA) is 43.4 Å². The summed E-state index contributed by atoms with van der Waals surface area (Å²) in [6.07, 6.45) is 6.23. The highest BCUT2D eigenvalue weighted by molar-refractivity contribution is 6.32. The fourth-order valence-electron chi connectivity index (χ4n) is 2.69. The molecule has 3 nitrogen and oxygen atoms in total. The molecule has 0 aliphatic heterocycles. The van der Waals surface area contributed by atoms with E-state index in [1.165, 1.54) is 6.92 Å². The van der Waals surface area contributed by atoms with E-state index >= 15 is 0 Å². The number of carbonyl (C=O) groups excluding carboxylic acids is 2. The van der Waals surface area contributed by atoms with Gasteiger partial charge in [-0.05, 0) is 70.2 Å². The van der Waals surface area contributed by atoms with Crippen molar-refractivity contribution in [1.82, 2.24) is 0 Å². The van der Waals surface area contributed by atoms with E-state index in [1.807, 2.05) is 39.0 Å². The van der Waals surface area contributed by atoms with E-state index in [0.717, 1.165) is 32.8 Å². The van der Waals surface area contributed by atoms with Crippen molar-refractivity contribution in [3.05, 3.63) is 51.1 Å². The van der Waals surface area contributed by atoms with Crippen LogP contribution in [0.3, 0.4) is 0 Å². The summed E-state index contributed by atoms with van der Waals surface area (Å²) in [5.74, 6) is -1.37. The molecule has 0 spiro atoms. The highest BCUT2D eigenvalue weighted by Gasteiger charge is 2.23. The molecule has 4 heteroatoms. The van der Waals surface area contributed by atoms with Gasteiger partial charge in [0.2, 0.25) is 0 Å². The van der Waals surface area contributed by atoms with Gasteiger partial charge in [-0.2, -0.15) is 0 Å². The van der Waals surface area contributed by atoms with Gasteiger partial charge < -0.3 is 4.74 Å². The SMILES string of the molecule is CCOC(=O)C(CC=C(C)C=Cc1c(C)cc(C)c(Cl)c1C)C(C)=O. The van der Waals surface area contributed by atoms with Crippen LogP contribution in [0.15, 0.2) is 23.8 Å². The van der Waals surface area contributed by atoms with Crippen molar-refractivity contribution < 1.29 is 14.3 Å². The number of benzene rings is 1. The van der Waals surface area contributed by atoms with Gasteiger partial charge in [0.05, 0.1) is 6.61 Å². The summed E-state index contributed by atoms with van der Waals surface area (Å²) >= 11 is 6.33. The molecule has 0 aromatic heterocycles. The Hall–Kier alpha value is -1.87. The average molecular weight is 363 g/mol. The Morgan fingerprint density at radius 3 is 2.40 bits per heavy atom.